The number of carbonyl (C=O) groups excluding carboxylic acids is 1. The normalized spacial score (nSPS) is 21.0. The molecule has 160 valence electrons. The van der Waals surface area contributed by atoms with Gasteiger partial charge in [0.1, 0.15) is 11.6 Å². The number of phenolic OH excluding ortho intramolecular Hbond substituents is 1. The fourth-order valence-electron chi connectivity index (χ4n) is 3.38. The van der Waals surface area contributed by atoms with Crippen LogP contribution in [0.25, 0.3) is 0 Å². The molecule has 1 aromatic rings. The van der Waals surface area contributed by atoms with Crippen LogP contribution in [0.4, 0.5) is 5.69 Å². The van der Waals surface area contributed by atoms with Gasteiger partial charge in [-0.3, -0.25) is 4.79 Å². The third-order valence-corrected chi connectivity index (χ3v) is 8.06. The number of anilines is 1. The van der Waals surface area contributed by atoms with Crippen molar-refractivity contribution in [2.75, 3.05) is 30.7 Å². The van der Waals surface area contributed by atoms with Crippen molar-refractivity contribution in [3.63, 3.8) is 0 Å². The highest BCUT2D eigenvalue weighted by atomic mass is 32.2. The molecule has 12 heteroatoms. The van der Waals surface area contributed by atoms with Gasteiger partial charge in [0.15, 0.2) is 0 Å². The molecule has 10 nitrogen and oxygen atoms in total. The summed E-state index contributed by atoms with van der Waals surface area (Å²) in [7, 11) is -7.20. The van der Waals surface area contributed by atoms with E-state index in [9.17, 15) is 26.7 Å². The summed E-state index contributed by atoms with van der Waals surface area (Å²) in [6, 6.07) is 3.76. The molecule has 1 fully saturated rings. The Morgan fingerprint density at radius 1 is 1.13 bits per heavy atom. The molecule has 0 unspecified atom stereocenters. The summed E-state index contributed by atoms with van der Waals surface area (Å²) in [5.41, 5.74) is 0.177. The van der Waals surface area contributed by atoms with Crippen LogP contribution in [0.3, 0.4) is 0 Å². The molecule has 4 rings (SSSR count). The van der Waals surface area contributed by atoms with Crippen LogP contribution in [0.5, 0.6) is 5.75 Å². The highest BCUT2D eigenvalue weighted by molar-refractivity contribution is 7.90. The Labute approximate surface area is 174 Å². The molecular weight excluding hydrogens is 432 g/mol. The molecule has 30 heavy (non-hydrogen) atoms. The largest absolute Gasteiger partial charge is 0.506 e. The number of phenols is 1. The summed E-state index contributed by atoms with van der Waals surface area (Å²) in [6.45, 7) is 1.05. The Morgan fingerprint density at radius 3 is 2.60 bits per heavy atom. The minimum atomic E-state index is -3.70. The smallest absolute Gasteiger partial charge is 0.257 e. The number of carbonyl (C=O) groups is 1. The van der Waals surface area contributed by atoms with Gasteiger partial charge in [0.25, 0.3) is 15.9 Å². The maximum Gasteiger partial charge on any atom is 0.257 e. The van der Waals surface area contributed by atoms with Gasteiger partial charge >= 0.3 is 0 Å². The first-order valence-electron chi connectivity index (χ1n) is 9.29. The molecule has 0 aromatic heterocycles. The zero-order chi connectivity index (χ0) is 21.5. The van der Waals surface area contributed by atoms with E-state index in [0.29, 0.717) is 13.1 Å². The zero-order valence-electron chi connectivity index (χ0n) is 15.9. The number of fused-ring (bicyclic) bond motifs is 1. The maximum atomic E-state index is 12.7. The van der Waals surface area contributed by atoms with Crippen molar-refractivity contribution < 1.29 is 26.7 Å². The molecule has 3 aliphatic rings. The molecule has 3 heterocycles. The fraction of sp³-hybridized carbons (Fsp3) is 0.333. The van der Waals surface area contributed by atoms with Crippen molar-refractivity contribution in [2.24, 2.45) is 4.40 Å². The fourth-order valence-corrected chi connectivity index (χ4v) is 5.90. The van der Waals surface area contributed by atoms with E-state index in [1.165, 1.54) is 40.9 Å². The summed E-state index contributed by atoms with van der Waals surface area (Å²) < 4.78 is 53.7. The number of benzene rings is 1. The molecule has 1 amide bonds. The van der Waals surface area contributed by atoms with Crippen LogP contribution in [-0.2, 0) is 24.8 Å². The second-order valence-electron chi connectivity index (χ2n) is 7.09. The van der Waals surface area contributed by atoms with Crippen molar-refractivity contribution in [3.05, 3.63) is 42.1 Å². The number of aromatic hydroxyl groups is 1. The lowest BCUT2D eigenvalue weighted by atomic mass is 10.1. The summed E-state index contributed by atoms with van der Waals surface area (Å²) in [4.78, 5) is 14.2. The molecule has 2 N–H and O–H groups in total. The number of sulfonamides is 2. The molecular formula is C18H20N4O6S2. The van der Waals surface area contributed by atoms with Gasteiger partial charge in [-0.15, -0.1) is 4.40 Å². The first kappa shape index (κ1) is 20.6. The summed E-state index contributed by atoms with van der Waals surface area (Å²) >= 11 is 0. The van der Waals surface area contributed by atoms with Crippen LogP contribution in [0.15, 0.2) is 51.4 Å². The predicted molar refractivity (Wildman–Crippen MR) is 110 cm³/mol. The quantitative estimate of drug-likeness (QED) is 0.639. The van der Waals surface area contributed by atoms with Gasteiger partial charge in [-0.2, -0.15) is 4.31 Å². The number of amidine groups is 1. The van der Waals surface area contributed by atoms with E-state index >= 15 is 0 Å². The minimum absolute atomic E-state index is 0.0127. The predicted octanol–water partition coefficient (Wildman–Crippen LogP) is 0.613. The van der Waals surface area contributed by atoms with Gasteiger partial charge in [0.05, 0.1) is 21.9 Å². The third-order valence-electron chi connectivity index (χ3n) is 5.01. The highest BCUT2D eigenvalue weighted by Crippen LogP contribution is 2.30. The van der Waals surface area contributed by atoms with Crippen molar-refractivity contribution in [3.8, 4) is 5.75 Å². The summed E-state index contributed by atoms with van der Waals surface area (Å²) in [5.74, 6) is -0.785. The SMILES string of the molecule is O=C(Nc1cc(S(=O)(=O)N2CCCC2)ccc1O)C1=CN2CCS(=O)(=O)N=C2C=C1. The second-order valence-corrected chi connectivity index (χ2v) is 10.8. The number of hydrogen-bond donors (Lipinski definition) is 2. The lowest BCUT2D eigenvalue weighted by Gasteiger charge is -2.27. The molecule has 0 saturated carbocycles. The van der Waals surface area contributed by atoms with Crippen LogP contribution >= 0.6 is 0 Å². The molecule has 1 saturated heterocycles. The minimum Gasteiger partial charge on any atom is -0.506 e. The number of amides is 1. The standard InChI is InChI=1S/C18H20N4O6S2/c23-16-5-4-14(30(27,28)22-7-1-2-8-22)11-15(16)19-18(24)13-3-6-17-20-29(25,26)10-9-21(17)12-13/h3-6,11-12,23H,1-2,7-10H2,(H,19,24). The number of nitrogens with one attached hydrogen (secondary N) is 1. The van der Waals surface area contributed by atoms with Crippen molar-refractivity contribution in [2.45, 2.75) is 17.7 Å². The van der Waals surface area contributed by atoms with E-state index in [1.54, 1.807) is 4.90 Å². The third kappa shape index (κ3) is 3.98. The zero-order valence-corrected chi connectivity index (χ0v) is 17.5. The van der Waals surface area contributed by atoms with Crippen LogP contribution in [0.2, 0.25) is 0 Å². The Kier molecular flexibility index (Phi) is 5.16. The second kappa shape index (κ2) is 7.52. The van der Waals surface area contributed by atoms with Crippen LogP contribution < -0.4 is 5.32 Å². The molecule has 0 atom stereocenters. The van der Waals surface area contributed by atoms with E-state index in [-0.39, 0.29) is 40.0 Å². The van der Waals surface area contributed by atoms with Gasteiger partial charge in [0.2, 0.25) is 10.0 Å². The average Bonchev–Trinajstić information content (AvgIpc) is 3.24. The van der Waals surface area contributed by atoms with Crippen molar-refractivity contribution in [1.29, 1.82) is 0 Å². The molecule has 0 bridgehead atoms. The van der Waals surface area contributed by atoms with Gasteiger partial charge in [0, 0.05) is 25.8 Å². The van der Waals surface area contributed by atoms with E-state index in [4.69, 9.17) is 0 Å². The van der Waals surface area contributed by atoms with Gasteiger partial charge in [-0.05, 0) is 43.2 Å². The Hall–Kier alpha value is -2.70. The van der Waals surface area contributed by atoms with Crippen LogP contribution in [-0.4, -0.2) is 68.3 Å². The lowest BCUT2D eigenvalue weighted by molar-refractivity contribution is -0.112. The Balaban J connectivity index is 1.56. The van der Waals surface area contributed by atoms with E-state index in [2.05, 4.69) is 9.71 Å². The van der Waals surface area contributed by atoms with Gasteiger partial charge in [-0.1, -0.05) is 0 Å². The van der Waals surface area contributed by atoms with Crippen molar-refractivity contribution in [1.82, 2.24) is 9.21 Å². The lowest BCUT2D eigenvalue weighted by Crippen LogP contribution is -2.37. The number of hydrogen-bond acceptors (Lipinski definition) is 7. The average molecular weight is 453 g/mol. The van der Waals surface area contributed by atoms with Gasteiger partial charge < -0.3 is 15.3 Å². The van der Waals surface area contributed by atoms with E-state index in [1.807, 2.05) is 0 Å². The Morgan fingerprint density at radius 2 is 1.87 bits per heavy atom. The first-order chi connectivity index (χ1) is 14.2. The highest BCUT2D eigenvalue weighted by Gasteiger charge is 2.29. The number of nitrogens with zero attached hydrogens (tertiary/aromatic N) is 3. The first-order valence-corrected chi connectivity index (χ1v) is 12.3. The monoisotopic (exact) mass is 452 g/mol. The van der Waals surface area contributed by atoms with Crippen LogP contribution in [0, 0.1) is 0 Å². The van der Waals surface area contributed by atoms with Crippen molar-refractivity contribution >= 4 is 37.5 Å². The molecule has 3 aliphatic heterocycles. The molecule has 0 spiro atoms. The molecule has 0 aliphatic carbocycles. The molecule has 0 radical (unpaired) electrons. The van der Waals surface area contributed by atoms with E-state index < -0.39 is 26.0 Å². The van der Waals surface area contributed by atoms with E-state index in [0.717, 1.165) is 12.8 Å². The topological polar surface area (TPSA) is 136 Å². The van der Waals surface area contributed by atoms with Crippen LogP contribution in [0.1, 0.15) is 12.8 Å². The van der Waals surface area contributed by atoms with Gasteiger partial charge in [-0.25, -0.2) is 16.8 Å². The Bertz CT molecular complexity index is 1200. The number of rotatable bonds is 4. The summed E-state index contributed by atoms with van der Waals surface area (Å²) in [6.07, 6.45) is 5.88. The summed E-state index contributed by atoms with van der Waals surface area (Å²) in [5, 5.41) is 12.6. The molecule has 1 aromatic carbocycles. The maximum absolute atomic E-state index is 12.7.